The summed E-state index contributed by atoms with van der Waals surface area (Å²) in [6.45, 7) is 3.86. The van der Waals surface area contributed by atoms with Gasteiger partial charge in [-0.15, -0.1) is 0 Å². The van der Waals surface area contributed by atoms with E-state index >= 15 is 0 Å². The molecule has 4 rings (SSSR count). The van der Waals surface area contributed by atoms with Crippen molar-refractivity contribution in [3.63, 3.8) is 0 Å². The number of ether oxygens (including phenoxy) is 4. The van der Waals surface area contributed by atoms with E-state index in [0.717, 1.165) is 6.07 Å². The molecule has 1 unspecified atom stereocenters. The van der Waals surface area contributed by atoms with Crippen LogP contribution in [0.15, 0.2) is 30.3 Å². The fourth-order valence-corrected chi connectivity index (χ4v) is 4.66. The van der Waals surface area contributed by atoms with Gasteiger partial charge in [-0.05, 0) is 24.3 Å². The molecular weight excluding hydrogens is 488 g/mol. The van der Waals surface area contributed by atoms with Gasteiger partial charge in [-0.1, -0.05) is 0 Å². The Hall–Kier alpha value is -3.44. The quantitative estimate of drug-likeness (QED) is 0.555. The molecule has 2 amide bonds. The monoisotopic (exact) mass is 519 g/mol. The van der Waals surface area contributed by atoms with E-state index < -0.39 is 17.5 Å². The first kappa shape index (κ1) is 26.6. The summed E-state index contributed by atoms with van der Waals surface area (Å²) in [5.74, 6) is -0.959. The SMILES string of the molecule is COc1cc(C(=O)N2CCN(CC3CN(C(=O)c4ccc(F)cc4F)CCO3)CC2)cc(OC)c1OC. The van der Waals surface area contributed by atoms with Gasteiger partial charge in [0, 0.05) is 57.4 Å². The fourth-order valence-electron chi connectivity index (χ4n) is 4.66. The number of carbonyl (C=O) groups is 2. The molecule has 0 saturated carbocycles. The van der Waals surface area contributed by atoms with Crippen LogP contribution >= 0.6 is 0 Å². The molecule has 37 heavy (non-hydrogen) atoms. The van der Waals surface area contributed by atoms with Gasteiger partial charge in [0.25, 0.3) is 11.8 Å². The number of piperazine rings is 1. The molecule has 2 aromatic carbocycles. The van der Waals surface area contributed by atoms with Crippen molar-refractivity contribution in [1.29, 1.82) is 0 Å². The van der Waals surface area contributed by atoms with Gasteiger partial charge in [0.05, 0.1) is 39.6 Å². The lowest BCUT2D eigenvalue weighted by Crippen LogP contribution is -2.54. The lowest BCUT2D eigenvalue weighted by molar-refractivity contribution is -0.0401. The summed E-state index contributed by atoms with van der Waals surface area (Å²) in [7, 11) is 4.51. The van der Waals surface area contributed by atoms with Crippen LogP contribution in [0.1, 0.15) is 20.7 Å². The third-order valence-corrected chi connectivity index (χ3v) is 6.62. The molecule has 2 aliphatic rings. The Balaban J connectivity index is 1.33. The zero-order valence-electron chi connectivity index (χ0n) is 21.2. The minimum Gasteiger partial charge on any atom is -0.493 e. The summed E-state index contributed by atoms with van der Waals surface area (Å²) in [6.07, 6.45) is -0.251. The molecule has 2 fully saturated rings. The maximum atomic E-state index is 14.1. The largest absolute Gasteiger partial charge is 0.493 e. The van der Waals surface area contributed by atoms with E-state index in [1.165, 1.54) is 32.3 Å². The average Bonchev–Trinajstić information content (AvgIpc) is 2.92. The van der Waals surface area contributed by atoms with Gasteiger partial charge in [-0.25, -0.2) is 8.78 Å². The van der Waals surface area contributed by atoms with Gasteiger partial charge in [0.1, 0.15) is 11.6 Å². The third-order valence-electron chi connectivity index (χ3n) is 6.62. The Morgan fingerprint density at radius 2 is 1.57 bits per heavy atom. The van der Waals surface area contributed by atoms with Crippen LogP contribution in [0.25, 0.3) is 0 Å². The zero-order valence-corrected chi connectivity index (χ0v) is 21.2. The van der Waals surface area contributed by atoms with Crippen molar-refractivity contribution in [2.75, 3.05) is 73.7 Å². The summed E-state index contributed by atoms with van der Waals surface area (Å²) in [5.41, 5.74) is 0.293. The second-order valence-electron chi connectivity index (χ2n) is 8.87. The predicted molar refractivity (Wildman–Crippen MR) is 130 cm³/mol. The summed E-state index contributed by atoms with van der Waals surface area (Å²) in [4.78, 5) is 31.4. The number of methoxy groups -OCH3 is 3. The van der Waals surface area contributed by atoms with Crippen molar-refractivity contribution >= 4 is 11.8 Å². The predicted octanol–water partition coefficient (Wildman–Crippen LogP) is 2.29. The number of hydrogen-bond acceptors (Lipinski definition) is 7. The van der Waals surface area contributed by atoms with Crippen LogP contribution in [0.2, 0.25) is 0 Å². The Morgan fingerprint density at radius 3 is 2.16 bits per heavy atom. The van der Waals surface area contributed by atoms with E-state index in [1.54, 1.807) is 17.0 Å². The van der Waals surface area contributed by atoms with Crippen LogP contribution in [0.3, 0.4) is 0 Å². The highest BCUT2D eigenvalue weighted by Crippen LogP contribution is 2.38. The lowest BCUT2D eigenvalue weighted by Gasteiger charge is -2.39. The van der Waals surface area contributed by atoms with E-state index in [0.29, 0.717) is 81.3 Å². The number of benzene rings is 2. The molecule has 0 radical (unpaired) electrons. The molecule has 0 bridgehead atoms. The summed E-state index contributed by atoms with van der Waals surface area (Å²) < 4.78 is 49.2. The van der Waals surface area contributed by atoms with E-state index in [4.69, 9.17) is 18.9 Å². The van der Waals surface area contributed by atoms with E-state index in [9.17, 15) is 18.4 Å². The molecule has 1 atom stereocenters. The molecule has 0 aromatic heterocycles. The Labute approximate surface area is 214 Å². The molecule has 2 aromatic rings. The van der Waals surface area contributed by atoms with Crippen LogP contribution < -0.4 is 14.2 Å². The van der Waals surface area contributed by atoms with E-state index in [1.807, 2.05) is 0 Å². The van der Waals surface area contributed by atoms with Crippen molar-refractivity contribution < 1.29 is 37.3 Å². The van der Waals surface area contributed by atoms with Crippen molar-refractivity contribution in [3.8, 4) is 17.2 Å². The van der Waals surface area contributed by atoms with Crippen molar-refractivity contribution in [2.24, 2.45) is 0 Å². The number of nitrogens with zero attached hydrogens (tertiary/aromatic N) is 3. The standard InChI is InChI=1S/C26H31F2N3O6/c1-34-22-12-17(13-23(35-2)24(22)36-3)25(32)30-8-6-29(7-9-30)15-19-16-31(10-11-37-19)26(33)20-5-4-18(27)14-21(20)28/h4-5,12-14,19H,6-11,15-16H2,1-3H3. The number of carbonyl (C=O) groups excluding carboxylic acids is 2. The number of halogens is 2. The van der Waals surface area contributed by atoms with Gasteiger partial charge in [-0.3, -0.25) is 14.5 Å². The second kappa shape index (κ2) is 11.7. The highest BCUT2D eigenvalue weighted by molar-refractivity contribution is 5.96. The third kappa shape index (κ3) is 5.94. The normalized spacial score (nSPS) is 18.5. The van der Waals surface area contributed by atoms with Crippen molar-refractivity contribution in [3.05, 3.63) is 53.1 Å². The molecule has 2 heterocycles. The summed E-state index contributed by atoms with van der Waals surface area (Å²) in [6, 6.07) is 6.24. The van der Waals surface area contributed by atoms with E-state index in [2.05, 4.69) is 4.90 Å². The van der Waals surface area contributed by atoms with Crippen LogP contribution in [-0.2, 0) is 4.74 Å². The van der Waals surface area contributed by atoms with Gasteiger partial charge < -0.3 is 28.7 Å². The lowest BCUT2D eigenvalue weighted by atomic mass is 10.1. The van der Waals surface area contributed by atoms with Crippen LogP contribution in [-0.4, -0.2) is 106 Å². The smallest absolute Gasteiger partial charge is 0.257 e. The van der Waals surface area contributed by atoms with E-state index in [-0.39, 0.29) is 17.6 Å². The number of morpholine rings is 1. The second-order valence-corrected chi connectivity index (χ2v) is 8.87. The van der Waals surface area contributed by atoms with Crippen molar-refractivity contribution in [1.82, 2.24) is 14.7 Å². The van der Waals surface area contributed by atoms with Crippen LogP contribution in [0.5, 0.6) is 17.2 Å². The summed E-state index contributed by atoms with van der Waals surface area (Å²) in [5, 5.41) is 0. The minimum absolute atomic E-state index is 0.133. The Kier molecular flexibility index (Phi) is 8.45. The molecule has 0 spiro atoms. The number of amides is 2. The first-order chi connectivity index (χ1) is 17.8. The zero-order chi connectivity index (χ0) is 26.5. The van der Waals surface area contributed by atoms with Gasteiger partial charge in [0.15, 0.2) is 11.5 Å². The van der Waals surface area contributed by atoms with Gasteiger partial charge >= 0.3 is 0 Å². The van der Waals surface area contributed by atoms with Gasteiger partial charge in [0.2, 0.25) is 5.75 Å². The first-order valence-corrected chi connectivity index (χ1v) is 12.0. The molecule has 0 N–H and O–H groups in total. The number of rotatable bonds is 7. The maximum absolute atomic E-state index is 14.1. The molecule has 200 valence electrons. The Bertz CT molecular complexity index is 1110. The van der Waals surface area contributed by atoms with Gasteiger partial charge in [-0.2, -0.15) is 0 Å². The molecule has 2 aliphatic heterocycles. The average molecular weight is 520 g/mol. The Morgan fingerprint density at radius 1 is 0.892 bits per heavy atom. The highest BCUT2D eigenvalue weighted by Gasteiger charge is 2.30. The molecule has 11 heteroatoms. The number of hydrogen-bond donors (Lipinski definition) is 0. The molecule has 9 nitrogen and oxygen atoms in total. The molecule has 2 saturated heterocycles. The highest BCUT2D eigenvalue weighted by atomic mass is 19.1. The maximum Gasteiger partial charge on any atom is 0.257 e. The first-order valence-electron chi connectivity index (χ1n) is 12.0. The topological polar surface area (TPSA) is 80.8 Å². The fraction of sp³-hybridized carbons (Fsp3) is 0.462. The minimum atomic E-state index is -0.874. The van der Waals surface area contributed by atoms with Crippen LogP contribution in [0.4, 0.5) is 8.78 Å². The summed E-state index contributed by atoms with van der Waals surface area (Å²) >= 11 is 0. The molecule has 0 aliphatic carbocycles. The van der Waals surface area contributed by atoms with Crippen LogP contribution in [0, 0.1) is 11.6 Å². The van der Waals surface area contributed by atoms with Crippen molar-refractivity contribution in [2.45, 2.75) is 6.10 Å². The molecular formula is C26H31F2N3O6.